The third kappa shape index (κ3) is 1.97. The summed E-state index contributed by atoms with van der Waals surface area (Å²) in [6, 6.07) is 0. The van der Waals surface area contributed by atoms with Crippen LogP contribution < -0.4 is 5.32 Å². The number of nitrogens with zero attached hydrogens (tertiary/aromatic N) is 1. The van der Waals surface area contributed by atoms with Crippen LogP contribution in [0.2, 0.25) is 0 Å². The quantitative estimate of drug-likeness (QED) is 0.810. The number of hydrogen-bond acceptors (Lipinski definition) is 4. The number of hydrogen-bond donors (Lipinski definition) is 1. The van der Waals surface area contributed by atoms with Gasteiger partial charge in [0.15, 0.2) is 0 Å². The van der Waals surface area contributed by atoms with Gasteiger partial charge in [-0.15, -0.1) is 11.3 Å². The van der Waals surface area contributed by atoms with Crippen LogP contribution in [0.15, 0.2) is 0 Å². The number of morpholine rings is 1. The molecule has 1 aromatic heterocycles. The zero-order chi connectivity index (χ0) is 9.97. The second-order valence-electron chi connectivity index (χ2n) is 3.46. The molecule has 1 aliphatic heterocycles. The number of aryl methyl sites for hydroxylation is 2. The molecule has 0 aliphatic carbocycles. The van der Waals surface area contributed by atoms with E-state index < -0.39 is 0 Å². The van der Waals surface area contributed by atoms with E-state index in [1.54, 1.807) is 11.3 Å². The van der Waals surface area contributed by atoms with Gasteiger partial charge in [0.1, 0.15) is 6.10 Å². The van der Waals surface area contributed by atoms with Gasteiger partial charge in [-0.3, -0.25) is 0 Å². The molecule has 4 heteroatoms. The zero-order valence-electron chi connectivity index (χ0n) is 8.67. The predicted molar refractivity (Wildman–Crippen MR) is 57.8 cm³/mol. The van der Waals surface area contributed by atoms with E-state index in [1.165, 1.54) is 4.88 Å². The maximum atomic E-state index is 5.70. The summed E-state index contributed by atoms with van der Waals surface area (Å²) in [6.45, 7) is 6.89. The lowest BCUT2D eigenvalue weighted by atomic mass is 10.2. The summed E-state index contributed by atoms with van der Waals surface area (Å²) in [4.78, 5) is 5.93. The van der Waals surface area contributed by atoms with Gasteiger partial charge in [-0.05, 0) is 13.3 Å². The van der Waals surface area contributed by atoms with Gasteiger partial charge in [-0.25, -0.2) is 4.98 Å². The van der Waals surface area contributed by atoms with Gasteiger partial charge in [-0.1, -0.05) is 6.92 Å². The van der Waals surface area contributed by atoms with Crippen LogP contribution in [0.1, 0.15) is 28.6 Å². The van der Waals surface area contributed by atoms with Crippen molar-refractivity contribution < 1.29 is 4.74 Å². The monoisotopic (exact) mass is 212 g/mol. The average molecular weight is 212 g/mol. The highest BCUT2D eigenvalue weighted by molar-refractivity contribution is 7.11. The Labute approximate surface area is 88.5 Å². The normalized spacial score (nSPS) is 22.6. The minimum atomic E-state index is 0.170. The molecule has 1 N–H and O–H groups in total. The Hall–Kier alpha value is -0.450. The Morgan fingerprint density at radius 3 is 3.14 bits per heavy atom. The summed E-state index contributed by atoms with van der Waals surface area (Å²) in [5.74, 6) is 0. The van der Waals surface area contributed by atoms with E-state index in [9.17, 15) is 0 Å². The van der Waals surface area contributed by atoms with Crippen molar-refractivity contribution in [2.24, 2.45) is 0 Å². The summed E-state index contributed by atoms with van der Waals surface area (Å²) >= 11 is 1.79. The fourth-order valence-corrected chi connectivity index (χ4v) is 2.66. The Morgan fingerprint density at radius 2 is 2.50 bits per heavy atom. The number of thiazole rings is 1. The lowest BCUT2D eigenvalue weighted by molar-refractivity contribution is 0.0248. The number of aromatic nitrogens is 1. The molecule has 14 heavy (non-hydrogen) atoms. The van der Waals surface area contributed by atoms with Crippen LogP contribution in [0.3, 0.4) is 0 Å². The summed E-state index contributed by atoms with van der Waals surface area (Å²) < 4.78 is 5.70. The molecule has 0 saturated carbocycles. The first-order chi connectivity index (χ1) is 6.81. The zero-order valence-corrected chi connectivity index (χ0v) is 9.49. The maximum Gasteiger partial charge on any atom is 0.113 e. The van der Waals surface area contributed by atoms with Crippen molar-refractivity contribution in [3.05, 3.63) is 15.6 Å². The first-order valence-electron chi connectivity index (χ1n) is 5.09. The Morgan fingerprint density at radius 1 is 1.64 bits per heavy atom. The van der Waals surface area contributed by atoms with Crippen molar-refractivity contribution in [3.63, 3.8) is 0 Å². The van der Waals surface area contributed by atoms with Crippen molar-refractivity contribution >= 4 is 11.3 Å². The molecule has 1 fully saturated rings. The van der Waals surface area contributed by atoms with Crippen LogP contribution >= 0.6 is 11.3 Å². The highest BCUT2D eigenvalue weighted by atomic mass is 32.1. The van der Waals surface area contributed by atoms with Crippen LogP contribution in [0.25, 0.3) is 0 Å². The van der Waals surface area contributed by atoms with Crippen LogP contribution in [-0.4, -0.2) is 24.7 Å². The predicted octanol–water partition coefficient (Wildman–Crippen LogP) is 1.67. The van der Waals surface area contributed by atoms with Crippen LogP contribution in [0, 0.1) is 6.92 Å². The second-order valence-corrected chi connectivity index (χ2v) is 4.75. The first-order valence-corrected chi connectivity index (χ1v) is 5.91. The van der Waals surface area contributed by atoms with Gasteiger partial charge in [-0.2, -0.15) is 0 Å². The minimum absolute atomic E-state index is 0.170. The third-order valence-corrected chi connectivity index (χ3v) is 3.52. The Kier molecular flexibility index (Phi) is 3.15. The number of ether oxygens (including phenoxy) is 1. The highest BCUT2D eigenvalue weighted by Gasteiger charge is 2.21. The third-order valence-electron chi connectivity index (χ3n) is 2.39. The van der Waals surface area contributed by atoms with Gasteiger partial charge in [0.2, 0.25) is 0 Å². The molecule has 78 valence electrons. The summed E-state index contributed by atoms with van der Waals surface area (Å²) in [5.41, 5.74) is 1.15. The van der Waals surface area contributed by atoms with Crippen LogP contribution in [0.4, 0.5) is 0 Å². The molecular weight excluding hydrogens is 196 g/mol. The molecule has 2 rings (SSSR count). The topological polar surface area (TPSA) is 34.2 Å². The van der Waals surface area contributed by atoms with Crippen molar-refractivity contribution in [2.45, 2.75) is 26.4 Å². The van der Waals surface area contributed by atoms with E-state index in [2.05, 4.69) is 24.1 Å². The molecule has 0 aromatic carbocycles. The van der Waals surface area contributed by atoms with E-state index in [0.717, 1.165) is 36.8 Å². The fourth-order valence-electron chi connectivity index (χ4n) is 1.73. The molecule has 0 bridgehead atoms. The van der Waals surface area contributed by atoms with Crippen molar-refractivity contribution in [1.82, 2.24) is 10.3 Å². The number of nitrogens with one attached hydrogen (secondary N) is 1. The minimum Gasteiger partial charge on any atom is -0.369 e. The van der Waals surface area contributed by atoms with Crippen molar-refractivity contribution in [2.75, 3.05) is 19.7 Å². The van der Waals surface area contributed by atoms with Gasteiger partial charge in [0.05, 0.1) is 17.3 Å². The molecule has 1 aromatic rings. The van der Waals surface area contributed by atoms with E-state index in [0.29, 0.717) is 0 Å². The standard InChI is InChI=1S/C10H16N2OS/c1-3-9-10(12-7(2)14-9)8-6-11-4-5-13-8/h8,11H,3-6H2,1-2H3. The van der Waals surface area contributed by atoms with Gasteiger partial charge < -0.3 is 10.1 Å². The van der Waals surface area contributed by atoms with E-state index in [1.807, 2.05) is 0 Å². The fraction of sp³-hybridized carbons (Fsp3) is 0.700. The molecule has 1 saturated heterocycles. The van der Waals surface area contributed by atoms with Crippen molar-refractivity contribution in [3.8, 4) is 0 Å². The molecular formula is C10H16N2OS. The van der Waals surface area contributed by atoms with Crippen molar-refractivity contribution in [1.29, 1.82) is 0 Å². The molecule has 2 heterocycles. The molecule has 0 amide bonds. The maximum absolute atomic E-state index is 5.70. The smallest absolute Gasteiger partial charge is 0.113 e. The van der Waals surface area contributed by atoms with E-state index in [4.69, 9.17) is 4.74 Å². The summed E-state index contributed by atoms with van der Waals surface area (Å²) in [6.07, 6.45) is 1.23. The molecule has 1 unspecified atom stereocenters. The van der Waals surface area contributed by atoms with E-state index in [-0.39, 0.29) is 6.10 Å². The SMILES string of the molecule is CCc1sc(C)nc1C1CNCCO1. The molecule has 1 aliphatic rings. The second kappa shape index (κ2) is 4.38. The average Bonchev–Trinajstić information content (AvgIpc) is 2.61. The first kappa shape index (κ1) is 10.1. The largest absolute Gasteiger partial charge is 0.369 e. The lowest BCUT2D eigenvalue weighted by Crippen LogP contribution is -2.33. The molecule has 0 radical (unpaired) electrons. The van der Waals surface area contributed by atoms with Crippen LogP contribution in [-0.2, 0) is 11.2 Å². The number of rotatable bonds is 2. The molecule has 0 spiro atoms. The van der Waals surface area contributed by atoms with Gasteiger partial charge in [0.25, 0.3) is 0 Å². The van der Waals surface area contributed by atoms with E-state index >= 15 is 0 Å². The van der Waals surface area contributed by atoms with Crippen LogP contribution in [0.5, 0.6) is 0 Å². The summed E-state index contributed by atoms with van der Waals surface area (Å²) in [7, 11) is 0. The summed E-state index contributed by atoms with van der Waals surface area (Å²) in [5, 5.41) is 4.48. The molecule has 3 nitrogen and oxygen atoms in total. The lowest BCUT2D eigenvalue weighted by Gasteiger charge is -2.22. The van der Waals surface area contributed by atoms with Gasteiger partial charge in [0, 0.05) is 18.0 Å². The Balaban J connectivity index is 2.20. The molecule has 1 atom stereocenters. The highest BCUT2D eigenvalue weighted by Crippen LogP contribution is 2.26. The van der Waals surface area contributed by atoms with Gasteiger partial charge >= 0.3 is 0 Å². The Bertz CT molecular complexity index is 305.